The van der Waals surface area contributed by atoms with Crippen LogP contribution in [0.5, 0.6) is 0 Å². The zero-order valence-electron chi connectivity index (χ0n) is 16.1. The number of carbonyl (C=O) groups excluding carboxylic acids is 2. The maximum absolute atomic E-state index is 13.0. The van der Waals surface area contributed by atoms with Crippen LogP contribution in [0, 0.1) is 20.8 Å². The van der Waals surface area contributed by atoms with Crippen molar-refractivity contribution < 1.29 is 14.3 Å². The van der Waals surface area contributed by atoms with E-state index in [0.717, 1.165) is 52.4 Å². The quantitative estimate of drug-likeness (QED) is 0.604. The number of aryl methyl sites for hydroxylation is 1. The Labute approximate surface area is 172 Å². The lowest BCUT2D eigenvalue weighted by Gasteiger charge is -2.14. The van der Waals surface area contributed by atoms with Crippen molar-refractivity contribution in [2.24, 2.45) is 0 Å². The molecule has 1 aromatic carbocycles. The van der Waals surface area contributed by atoms with Crippen LogP contribution < -0.4 is 5.32 Å². The summed E-state index contributed by atoms with van der Waals surface area (Å²) < 4.78 is 6.18. The summed E-state index contributed by atoms with van der Waals surface area (Å²) in [4.78, 5) is 26.8. The van der Waals surface area contributed by atoms with Gasteiger partial charge in [0.05, 0.1) is 12.2 Å². The number of thiophene rings is 1. The highest BCUT2D eigenvalue weighted by molar-refractivity contribution is 9.10. The van der Waals surface area contributed by atoms with Crippen LogP contribution in [0.1, 0.15) is 67.6 Å². The lowest BCUT2D eigenvalue weighted by atomic mass is 9.95. The lowest BCUT2D eigenvalue weighted by molar-refractivity contribution is 0.0526. The summed E-state index contributed by atoms with van der Waals surface area (Å²) in [7, 11) is 0. The van der Waals surface area contributed by atoms with Crippen LogP contribution in [0.25, 0.3) is 0 Å². The molecule has 144 valence electrons. The number of hydrogen-bond acceptors (Lipinski definition) is 4. The number of amides is 1. The van der Waals surface area contributed by atoms with Gasteiger partial charge >= 0.3 is 5.97 Å². The van der Waals surface area contributed by atoms with Gasteiger partial charge in [-0.15, -0.1) is 11.3 Å². The molecule has 1 heterocycles. The lowest BCUT2D eigenvalue weighted by Crippen LogP contribution is -2.17. The number of halogens is 1. The molecule has 0 saturated carbocycles. The number of esters is 1. The van der Waals surface area contributed by atoms with E-state index >= 15 is 0 Å². The third-order valence-corrected chi connectivity index (χ3v) is 7.31. The van der Waals surface area contributed by atoms with Crippen molar-refractivity contribution in [1.29, 1.82) is 0 Å². The van der Waals surface area contributed by atoms with Crippen LogP contribution in [0.15, 0.2) is 10.5 Å². The predicted octanol–water partition coefficient (Wildman–Crippen LogP) is 5.74. The van der Waals surface area contributed by atoms with Crippen molar-refractivity contribution in [1.82, 2.24) is 0 Å². The van der Waals surface area contributed by atoms with Gasteiger partial charge in [0, 0.05) is 14.9 Å². The van der Waals surface area contributed by atoms with Crippen LogP contribution >= 0.6 is 27.3 Å². The minimum absolute atomic E-state index is 0.194. The molecule has 0 saturated heterocycles. The normalized spacial score (nSPS) is 13.2. The van der Waals surface area contributed by atoms with Crippen molar-refractivity contribution in [3.63, 3.8) is 0 Å². The summed E-state index contributed by atoms with van der Waals surface area (Å²) in [5, 5.41) is 3.61. The van der Waals surface area contributed by atoms with Gasteiger partial charge in [-0.2, -0.15) is 0 Å². The fourth-order valence-corrected chi connectivity index (χ4v) is 5.28. The van der Waals surface area contributed by atoms with E-state index in [9.17, 15) is 9.59 Å². The first kappa shape index (κ1) is 20.1. The molecule has 4 nitrogen and oxygen atoms in total. The summed E-state index contributed by atoms with van der Waals surface area (Å²) in [5.41, 5.74) is 5.38. The first-order valence-electron chi connectivity index (χ1n) is 9.24. The number of carbonyl (C=O) groups is 2. The van der Waals surface area contributed by atoms with Crippen molar-refractivity contribution in [2.45, 2.75) is 53.4 Å². The highest BCUT2D eigenvalue weighted by Gasteiger charge is 2.28. The number of rotatable bonds is 4. The summed E-state index contributed by atoms with van der Waals surface area (Å²) in [6, 6.07) is 1.85. The number of hydrogen-bond donors (Lipinski definition) is 1. The molecule has 0 unspecified atom stereocenters. The van der Waals surface area contributed by atoms with E-state index in [0.29, 0.717) is 22.7 Å². The Morgan fingerprint density at radius 3 is 2.56 bits per heavy atom. The van der Waals surface area contributed by atoms with Crippen LogP contribution in [0.4, 0.5) is 5.00 Å². The second-order valence-corrected chi connectivity index (χ2v) is 8.83. The molecule has 2 aromatic rings. The highest BCUT2D eigenvalue weighted by atomic mass is 79.9. The Bertz CT molecular complexity index is 917. The molecule has 3 rings (SSSR count). The van der Waals surface area contributed by atoms with Gasteiger partial charge in [0.1, 0.15) is 5.00 Å². The summed E-state index contributed by atoms with van der Waals surface area (Å²) >= 11 is 5.05. The van der Waals surface area contributed by atoms with E-state index in [1.807, 2.05) is 26.8 Å². The van der Waals surface area contributed by atoms with E-state index in [1.54, 1.807) is 6.92 Å². The molecular formula is C21H24BrNO3S. The monoisotopic (exact) mass is 449 g/mol. The van der Waals surface area contributed by atoms with E-state index in [2.05, 4.69) is 21.2 Å². The molecule has 1 aliphatic carbocycles. The Hall–Kier alpha value is -1.66. The maximum atomic E-state index is 13.0. The molecule has 1 N–H and O–H groups in total. The highest BCUT2D eigenvalue weighted by Crippen LogP contribution is 2.39. The predicted molar refractivity (Wildman–Crippen MR) is 113 cm³/mol. The molecule has 0 spiro atoms. The Morgan fingerprint density at radius 1 is 1.15 bits per heavy atom. The molecule has 0 bridgehead atoms. The third-order valence-electron chi connectivity index (χ3n) is 5.28. The van der Waals surface area contributed by atoms with Gasteiger partial charge < -0.3 is 10.1 Å². The molecule has 0 radical (unpaired) electrons. The minimum Gasteiger partial charge on any atom is -0.462 e. The van der Waals surface area contributed by atoms with Crippen molar-refractivity contribution in [3.8, 4) is 0 Å². The second kappa shape index (κ2) is 8.15. The smallest absolute Gasteiger partial charge is 0.341 e. The fraction of sp³-hybridized carbons (Fsp3) is 0.429. The fourth-order valence-electron chi connectivity index (χ4n) is 3.49. The Morgan fingerprint density at radius 2 is 1.85 bits per heavy atom. The largest absolute Gasteiger partial charge is 0.462 e. The summed E-state index contributed by atoms with van der Waals surface area (Å²) in [6.45, 7) is 8.11. The summed E-state index contributed by atoms with van der Waals surface area (Å²) in [5.74, 6) is -0.536. The molecule has 1 amide bonds. The SMILES string of the molecule is CCOC(=O)c1c(NC(=O)c2cc(Br)c(C)c(C)c2C)sc2c1CCCC2. The molecule has 1 aromatic heterocycles. The number of benzene rings is 1. The average molecular weight is 450 g/mol. The number of fused-ring (bicyclic) bond motifs is 1. The molecule has 0 fully saturated rings. The first-order chi connectivity index (χ1) is 12.8. The van der Waals surface area contributed by atoms with Crippen LogP contribution in [-0.4, -0.2) is 18.5 Å². The van der Waals surface area contributed by atoms with Crippen LogP contribution in [0.3, 0.4) is 0 Å². The second-order valence-electron chi connectivity index (χ2n) is 6.87. The zero-order chi connectivity index (χ0) is 19.7. The first-order valence-corrected chi connectivity index (χ1v) is 10.8. The summed E-state index contributed by atoms with van der Waals surface area (Å²) in [6.07, 6.45) is 4.00. The molecule has 6 heteroatoms. The van der Waals surface area contributed by atoms with Crippen molar-refractivity contribution in [2.75, 3.05) is 11.9 Å². The Balaban J connectivity index is 2.00. The average Bonchev–Trinajstić information content (AvgIpc) is 3.00. The van der Waals surface area contributed by atoms with Gasteiger partial charge in [0.15, 0.2) is 0 Å². The molecular weight excluding hydrogens is 426 g/mol. The number of anilines is 1. The molecule has 1 aliphatic rings. The van der Waals surface area contributed by atoms with Gasteiger partial charge in [0.25, 0.3) is 5.91 Å². The van der Waals surface area contributed by atoms with Gasteiger partial charge in [-0.3, -0.25) is 4.79 Å². The zero-order valence-corrected chi connectivity index (χ0v) is 18.5. The topological polar surface area (TPSA) is 55.4 Å². The molecule has 0 aliphatic heterocycles. The van der Waals surface area contributed by atoms with Crippen molar-refractivity contribution in [3.05, 3.63) is 48.8 Å². The van der Waals surface area contributed by atoms with Crippen molar-refractivity contribution >= 4 is 44.1 Å². The maximum Gasteiger partial charge on any atom is 0.341 e. The van der Waals surface area contributed by atoms with E-state index < -0.39 is 0 Å². The minimum atomic E-state index is -0.342. The Kier molecular flexibility index (Phi) is 6.06. The number of ether oxygens (including phenoxy) is 1. The van der Waals surface area contributed by atoms with Crippen LogP contribution in [-0.2, 0) is 17.6 Å². The number of nitrogens with one attached hydrogen (secondary N) is 1. The van der Waals surface area contributed by atoms with E-state index in [1.165, 1.54) is 16.2 Å². The third kappa shape index (κ3) is 3.83. The van der Waals surface area contributed by atoms with Gasteiger partial charge in [-0.05, 0) is 81.7 Å². The standard InChI is InChI=1S/C21H24BrNO3S/c1-5-26-21(25)18-14-8-6-7-9-17(14)27-20(18)23-19(24)15-10-16(22)13(4)11(2)12(15)3/h10H,5-9H2,1-4H3,(H,23,24). The van der Waals surface area contributed by atoms with E-state index in [4.69, 9.17) is 4.74 Å². The van der Waals surface area contributed by atoms with Crippen LogP contribution in [0.2, 0.25) is 0 Å². The van der Waals surface area contributed by atoms with Gasteiger partial charge in [0.2, 0.25) is 0 Å². The van der Waals surface area contributed by atoms with Gasteiger partial charge in [-0.1, -0.05) is 15.9 Å². The molecule has 0 atom stereocenters. The van der Waals surface area contributed by atoms with E-state index in [-0.39, 0.29) is 11.9 Å². The van der Waals surface area contributed by atoms with Gasteiger partial charge in [-0.25, -0.2) is 4.79 Å². The molecule has 27 heavy (non-hydrogen) atoms.